The molecule has 0 bridgehead atoms. The van der Waals surface area contributed by atoms with Crippen molar-refractivity contribution in [1.29, 1.82) is 0 Å². The van der Waals surface area contributed by atoms with Crippen LogP contribution in [0.5, 0.6) is 0 Å². The third kappa shape index (κ3) is 10.6. The summed E-state index contributed by atoms with van der Waals surface area (Å²) < 4.78 is 0. The number of rotatable bonds is 14. The lowest BCUT2D eigenvalue weighted by atomic mass is 10.1. The van der Waals surface area contributed by atoms with Gasteiger partial charge in [0.15, 0.2) is 0 Å². The van der Waals surface area contributed by atoms with Crippen LogP contribution in [0, 0.1) is 0 Å². The van der Waals surface area contributed by atoms with Crippen LogP contribution in [0.3, 0.4) is 0 Å². The van der Waals surface area contributed by atoms with E-state index in [1.54, 1.807) is 0 Å². The molecule has 0 rings (SSSR count). The van der Waals surface area contributed by atoms with Gasteiger partial charge in [-0.2, -0.15) is 0 Å². The Kier molecular flexibility index (Phi) is 12.9. The topological polar surface area (TPSA) is 83.6 Å². The van der Waals surface area contributed by atoms with Gasteiger partial charge in [-0.1, -0.05) is 52.4 Å². The molecule has 0 aliphatic rings. The van der Waals surface area contributed by atoms with Gasteiger partial charge in [0.2, 0.25) is 5.91 Å². The summed E-state index contributed by atoms with van der Waals surface area (Å²) in [5.74, 6) is -0.991. The smallest absolute Gasteiger partial charge is 0.303 e. The van der Waals surface area contributed by atoms with Crippen LogP contribution < -0.4 is 5.73 Å². The molecule has 0 radical (unpaired) electrons. The first-order valence-corrected chi connectivity index (χ1v) is 8.79. The van der Waals surface area contributed by atoms with Crippen molar-refractivity contribution in [2.45, 2.75) is 84.1 Å². The lowest BCUT2D eigenvalue weighted by molar-refractivity contribution is -0.137. The van der Waals surface area contributed by atoms with Gasteiger partial charge in [0.1, 0.15) is 0 Å². The molecule has 5 nitrogen and oxygen atoms in total. The predicted molar refractivity (Wildman–Crippen MR) is 89.7 cm³/mol. The fourth-order valence-corrected chi connectivity index (χ4v) is 2.43. The van der Waals surface area contributed by atoms with E-state index in [0.717, 1.165) is 38.8 Å². The Balaban J connectivity index is 4.32. The Morgan fingerprint density at radius 1 is 0.955 bits per heavy atom. The number of amides is 1. The predicted octanol–water partition coefficient (Wildman–Crippen LogP) is 3.17. The zero-order chi connectivity index (χ0) is 16.8. The monoisotopic (exact) mass is 314 g/mol. The Labute approximate surface area is 135 Å². The number of nitrogens with two attached hydrogens (primary N) is 1. The molecule has 0 heterocycles. The van der Waals surface area contributed by atoms with Crippen LogP contribution in [0.1, 0.15) is 78.1 Å². The van der Waals surface area contributed by atoms with Gasteiger partial charge in [-0.15, -0.1) is 0 Å². The second-order valence-corrected chi connectivity index (χ2v) is 5.99. The highest BCUT2D eigenvalue weighted by Gasteiger charge is 2.21. The van der Waals surface area contributed by atoms with E-state index in [9.17, 15) is 9.59 Å². The fraction of sp³-hybridized carbons (Fsp3) is 0.882. The average Bonchev–Trinajstić information content (AvgIpc) is 2.50. The SMILES string of the molecule is CCCCCCN(CCCCCC)C(=O)[C@@H](N)CCC(=O)O. The van der Waals surface area contributed by atoms with Gasteiger partial charge in [-0.05, 0) is 19.3 Å². The van der Waals surface area contributed by atoms with Crippen LogP contribution in [0.25, 0.3) is 0 Å². The summed E-state index contributed by atoms with van der Waals surface area (Å²) in [5, 5.41) is 8.70. The number of hydrogen-bond donors (Lipinski definition) is 2. The molecule has 0 aromatic heterocycles. The lowest BCUT2D eigenvalue weighted by Gasteiger charge is -2.26. The molecule has 0 aliphatic heterocycles. The van der Waals surface area contributed by atoms with Gasteiger partial charge in [-0.3, -0.25) is 9.59 Å². The maximum Gasteiger partial charge on any atom is 0.303 e. The van der Waals surface area contributed by atoms with Crippen LogP contribution >= 0.6 is 0 Å². The van der Waals surface area contributed by atoms with Gasteiger partial charge in [0, 0.05) is 19.5 Å². The second-order valence-electron chi connectivity index (χ2n) is 5.99. The number of carbonyl (C=O) groups is 2. The van der Waals surface area contributed by atoms with E-state index < -0.39 is 12.0 Å². The molecule has 0 unspecified atom stereocenters. The van der Waals surface area contributed by atoms with Crippen molar-refractivity contribution in [3.05, 3.63) is 0 Å². The van der Waals surface area contributed by atoms with E-state index >= 15 is 0 Å². The van der Waals surface area contributed by atoms with E-state index in [1.807, 2.05) is 4.90 Å². The molecule has 0 saturated heterocycles. The lowest BCUT2D eigenvalue weighted by Crippen LogP contribution is -2.44. The summed E-state index contributed by atoms with van der Waals surface area (Å²) >= 11 is 0. The van der Waals surface area contributed by atoms with E-state index in [1.165, 1.54) is 25.7 Å². The summed E-state index contributed by atoms with van der Waals surface area (Å²) in [6, 6.07) is -0.687. The van der Waals surface area contributed by atoms with Crippen molar-refractivity contribution in [2.24, 2.45) is 5.73 Å². The molecular formula is C17H34N2O3. The van der Waals surface area contributed by atoms with Crippen molar-refractivity contribution in [2.75, 3.05) is 13.1 Å². The van der Waals surface area contributed by atoms with Crippen molar-refractivity contribution < 1.29 is 14.7 Å². The summed E-state index contributed by atoms with van der Waals surface area (Å²) in [6.07, 6.45) is 9.12. The molecule has 0 aliphatic carbocycles. The first-order valence-electron chi connectivity index (χ1n) is 8.79. The quantitative estimate of drug-likeness (QED) is 0.482. The zero-order valence-electron chi connectivity index (χ0n) is 14.4. The van der Waals surface area contributed by atoms with E-state index in [-0.39, 0.29) is 18.7 Å². The summed E-state index contributed by atoms with van der Waals surface area (Å²) in [7, 11) is 0. The van der Waals surface area contributed by atoms with Crippen molar-refractivity contribution >= 4 is 11.9 Å². The van der Waals surface area contributed by atoms with Crippen LogP contribution in [-0.2, 0) is 9.59 Å². The molecule has 0 spiro atoms. The normalized spacial score (nSPS) is 12.1. The summed E-state index contributed by atoms with van der Waals surface area (Å²) in [4.78, 5) is 24.8. The summed E-state index contributed by atoms with van der Waals surface area (Å²) in [5.41, 5.74) is 5.87. The first-order chi connectivity index (χ1) is 10.5. The molecule has 0 aromatic rings. The van der Waals surface area contributed by atoms with E-state index in [2.05, 4.69) is 13.8 Å². The maximum atomic E-state index is 12.4. The van der Waals surface area contributed by atoms with Gasteiger partial charge in [0.25, 0.3) is 0 Å². The largest absolute Gasteiger partial charge is 0.481 e. The molecule has 1 atom stereocenters. The Hall–Kier alpha value is -1.10. The molecule has 5 heteroatoms. The third-order valence-corrected chi connectivity index (χ3v) is 3.86. The van der Waals surface area contributed by atoms with Gasteiger partial charge < -0.3 is 15.7 Å². The molecule has 3 N–H and O–H groups in total. The second kappa shape index (κ2) is 13.6. The van der Waals surface area contributed by atoms with Crippen LogP contribution in [0.4, 0.5) is 0 Å². The number of aliphatic carboxylic acids is 1. The third-order valence-electron chi connectivity index (χ3n) is 3.86. The van der Waals surface area contributed by atoms with Crippen molar-refractivity contribution in [3.63, 3.8) is 0 Å². The van der Waals surface area contributed by atoms with Gasteiger partial charge in [-0.25, -0.2) is 0 Å². The van der Waals surface area contributed by atoms with Gasteiger partial charge >= 0.3 is 5.97 Å². The number of carboxylic acid groups (broad SMARTS) is 1. The number of hydrogen-bond acceptors (Lipinski definition) is 3. The molecule has 0 aromatic carbocycles. The Morgan fingerprint density at radius 2 is 1.45 bits per heavy atom. The zero-order valence-corrected chi connectivity index (χ0v) is 14.4. The highest BCUT2D eigenvalue weighted by atomic mass is 16.4. The fourth-order valence-electron chi connectivity index (χ4n) is 2.43. The summed E-state index contributed by atoms with van der Waals surface area (Å²) in [6.45, 7) is 5.81. The number of nitrogens with zero attached hydrogens (tertiary/aromatic N) is 1. The average molecular weight is 314 g/mol. The van der Waals surface area contributed by atoms with Gasteiger partial charge in [0.05, 0.1) is 6.04 Å². The van der Waals surface area contributed by atoms with E-state index in [4.69, 9.17) is 10.8 Å². The minimum atomic E-state index is -0.902. The molecule has 0 saturated carbocycles. The minimum absolute atomic E-state index is 0.0492. The number of unbranched alkanes of at least 4 members (excludes halogenated alkanes) is 6. The standard InChI is InChI=1S/C17H34N2O3/c1-3-5-7-9-13-19(14-10-8-6-4-2)17(22)15(18)11-12-16(20)21/h15H,3-14,18H2,1-2H3,(H,20,21)/t15-/m0/s1. The molecular weight excluding hydrogens is 280 g/mol. The minimum Gasteiger partial charge on any atom is -0.481 e. The van der Waals surface area contributed by atoms with E-state index in [0.29, 0.717) is 0 Å². The highest BCUT2D eigenvalue weighted by molar-refractivity contribution is 5.82. The van der Waals surface area contributed by atoms with Crippen LogP contribution in [0.2, 0.25) is 0 Å². The molecule has 22 heavy (non-hydrogen) atoms. The molecule has 1 amide bonds. The molecule has 0 fully saturated rings. The number of carbonyl (C=O) groups excluding carboxylic acids is 1. The van der Waals surface area contributed by atoms with Crippen LogP contribution in [0.15, 0.2) is 0 Å². The Bertz CT molecular complexity index is 296. The number of carboxylic acids is 1. The Morgan fingerprint density at radius 3 is 1.86 bits per heavy atom. The highest BCUT2D eigenvalue weighted by Crippen LogP contribution is 2.08. The van der Waals surface area contributed by atoms with Crippen molar-refractivity contribution in [1.82, 2.24) is 4.90 Å². The van der Waals surface area contributed by atoms with Crippen molar-refractivity contribution in [3.8, 4) is 0 Å². The molecule has 130 valence electrons. The maximum absolute atomic E-state index is 12.4. The van der Waals surface area contributed by atoms with Crippen LogP contribution in [-0.4, -0.2) is 41.0 Å². The first kappa shape index (κ1) is 20.9.